The third-order valence-electron chi connectivity index (χ3n) is 4.96. The molecule has 0 aliphatic rings. The Balaban J connectivity index is 1.69. The normalized spacial score (nSPS) is 10.7. The van der Waals surface area contributed by atoms with Gasteiger partial charge in [0.25, 0.3) is 5.91 Å². The van der Waals surface area contributed by atoms with Crippen molar-refractivity contribution >= 4 is 34.1 Å². The number of nitrogens with one attached hydrogen (secondary N) is 2. The maximum atomic E-state index is 13.2. The summed E-state index contributed by atoms with van der Waals surface area (Å²) in [6.07, 6.45) is 1.89. The quantitative estimate of drug-likeness (QED) is 0.486. The molecule has 0 spiro atoms. The van der Waals surface area contributed by atoms with Gasteiger partial charge < -0.3 is 15.2 Å². The van der Waals surface area contributed by atoms with Gasteiger partial charge in [0.1, 0.15) is 0 Å². The molecule has 5 nitrogen and oxygen atoms in total. The highest BCUT2D eigenvalue weighted by Crippen LogP contribution is 2.27. The topological polar surface area (TPSA) is 63.1 Å². The molecule has 0 atom stereocenters. The Labute approximate surface area is 175 Å². The standard InChI is InChI=1S/C25H23N3O2/c1-17-12-13-22(26-18(2)29)23(14-17)27-25(30)21-16-28(15-19-8-4-3-5-9-19)24-11-7-6-10-20(21)24/h3-14,16H,15H2,1-2H3,(H,26,29)(H,27,30). The number of aryl methyl sites for hydroxylation is 1. The SMILES string of the molecule is CC(=O)Nc1ccc(C)cc1NC(=O)c1cn(Cc2ccccc2)c2ccccc12. The first-order chi connectivity index (χ1) is 14.5. The first-order valence-corrected chi connectivity index (χ1v) is 9.82. The van der Waals surface area contributed by atoms with Gasteiger partial charge in [0, 0.05) is 30.6 Å². The zero-order chi connectivity index (χ0) is 21.1. The molecule has 3 aromatic carbocycles. The van der Waals surface area contributed by atoms with Crippen LogP contribution in [0.15, 0.2) is 79.0 Å². The number of nitrogens with zero attached hydrogens (tertiary/aromatic N) is 1. The van der Waals surface area contributed by atoms with Crippen LogP contribution in [0.5, 0.6) is 0 Å². The van der Waals surface area contributed by atoms with Gasteiger partial charge in [-0.3, -0.25) is 9.59 Å². The molecular weight excluding hydrogens is 374 g/mol. The average molecular weight is 397 g/mol. The molecule has 4 aromatic rings. The molecule has 0 aliphatic heterocycles. The Hall–Kier alpha value is -3.86. The summed E-state index contributed by atoms with van der Waals surface area (Å²) in [5, 5.41) is 6.64. The zero-order valence-corrected chi connectivity index (χ0v) is 17.0. The van der Waals surface area contributed by atoms with E-state index in [0.29, 0.717) is 23.5 Å². The number of hydrogen-bond donors (Lipinski definition) is 2. The second kappa shape index (κ2) is 8.25. The second-order valence-corrected chi connectivity index (χ2v) is 7.36. The molecule has 4 rings (SSSR count). The number of hydrogen-bond acceptors (Lipinski definition) is 2. The van der Waals surface area contributed by atoms with Crippen LogP contribution in [0, 0.1) is 6.92 Å². The van der Waals surface area contributed by atoms with E-state index >= 15 is 0 Å². The van der Waals surface area contributed by atoms with Crippen LogP contribution in [-0.2, 0) is 11.3 Å². The summed E-state index contributed by atoms with van der Waals surface area (Å²) >= 11 is 0. The van der Waals surface area contributed by atoms with Gasteiger partial charge in [0.2, 0.25) is 5.91 Å². The largest absolute Gasteiger partial charge is 0.342 e. The van der Waals surface area contributed by atoms with Crippen molar-refractivity contribution in [3.8, 4) is 0 Å². The van der Waals surface area contributed by atoms with Gasteiger partial charge in [-0.15, -0.1) is 0 Å². The van der Waals surface area contributed by atoms with Gasteiger partial charge in [-0.2, -0.15) is 0 Å². The van der Waals surface area contributed by atoms with Crippen LogP contribution < -0.4 is 10.6 Å². The number of amides is 2. The summed E-state index contributed by atoms with van der Waals surface area (Å²) in [6.45, 7) is 4.07. The molecule has 5 heteroatoms. The van der Waals surface area contributed by atoms with E-state index in [9.17, 15) is 9.59 Å². The van der Waals surface area contributed by atoms with E-state index in [1.54, 1.807) is 6.07 Å². The lowest BCUT2D eigenvalue weighted by atomic mass is 10.1. The summed E-state index contributed by atoms with van der Waals surface area (Å²) < 4.78 is 2.09. The highest BCUT2D eigenvalue weighted by molar-refractivity contribution is 6.14. The van der Waals surface area contributed by atoms with Crippen molar-refractivity contribution < 1.29 is 9.59 Å². The second-order valence-electron chi connectivity index (χ2n) is 7.36. The molecule has 0 radical (unpaired) electrons. The minimum atomic E-state index is -0.213. The van der Waals surface area contributed by atoms with Gasteiger partial charge in [0.05, 0.1) is 16.9 Å². The molecule has 0 unspecified atom stereocenters. The third kappa shape index (κ3) is 4.10. The number of rotatable bonds is 5. The molecule has 30 heavy (non-hydrogen) atoms. The first kappa shape index (κ1) is 19.5. The lowest BCUT2D eigenvalue weighted by Gasteiger charge is -2.12. The Morgan fingerprint density at radius 3 is 2.37 bits per heavy atom. The molecule has 2 N–H and O–H groups in total. The predicted molar refractivity (Wildman–Crippen MR) is 121 cm³/mol. The molecule has 0 saturated heterocycles. The number of benzene rings is 3. The molecule has 1 heterocycles. The highest BCUT2D eigenvalue weighted by atomic mass is 16.2. The first-order valence-electron chi connectivity index (χ1n) is 9.82. The van der Waals surface area contributed by atoms with Gasteiger partial charge >= 0.3 is 0 Å². The fourth-order valence-electron chi connectivity index (χ4n) is 3.59. The van der Waals surface area contributed by atoms with Crippen LogP contribution in [0.2, 0.25) is 0 Å². The number of para-hydroxylation sites is 1. The molecule has 0 aliphatic carbocycles. The van der Waals surface area contributed by atoms with E-state index in [4.69, 9.17) is 0 Å². The fourth-order valence-corrected chi connectivity index (χ4v) is 3.59. The van der Waals surface area contributed by atoms with Gasteiger partial charge in [-0.05, 0) is 36.2 Å². The predicted octanol–water partition coefficient (Wildman–Crippen LogP) is 5.21. The van der Waals surface area contributed by atoms with Gasteiger partial charge in [-0.25, -0.2) is 0 Å². The number of aromatic nitrogens is 1. The fraction of sp³-hybridized carbons (Fsp3) is 0.120. The van der Waals surface area contributed by atoms with E-state index in [0.717, 1.165) is 22.0 Å². The number of anilines is 2. The van der Waals surface area contributed by atoms with Crippen LogP contribution >= 0.6 is 0 Å². The maximum absolute atomic E-state index is 13.2. The van der Waals surface area contributed by atoms with E-state index in [2.05, 4.69) is 27.3 Å². The van der Waals surface area contributed by atoms with Gasteiger partial charge in [-0.1, -0.05) is 54.6 Å². The minimum absolute atomic E-state index is 0.186. The molecular formula is C25H23N3O2. The molecule has 0 saturated carbocycles. The Bertz CT molecular complexity index is 1230. The zero-order valence-electron chi connectivity index (χ0n) is 17.0. The molecule has 0 fully saturated rings. The van der Waals surface area contributed by atoms with Crippen LogP contribution in [0.1, 0.15) is 28.4 Å². The van der Waals surface area contributed by atoms with Gasteiger partial charge in [0.15, 0.2) is 0 Å². The van der Waals surface area contributed by atoms with Crippen molar-refractivity contribution in [1.82, 2.24) is 4.57 Å². The number of carbonyl (C=O) groups is 2. The van der Waals surface area contributed by atoms with Crippen molar-refractivity contribution in [2.24, 2.45) is 0 Å². The van der Waals surface area contributed by atoms with Crippen molar-refractivity contribution in [1.29, 1.82) is 0 Å². The number of carbonyl (C=O) groups excluding carboxylic acids is 2. The van der Waals surface area contributed by atoms with E-state index in [-0.39, 0.29) is 11.8 Å². The highest BCUT2D eigenvalue weighted by Gasteiger charge is 2.17. The summed E-state index contributed by atoms with van der Waals surface area (Å²) in [6, 6.07) is 23.6. The number of fused-ring (bicyclic) bond motifs is 1. The third-order valence-corrected chi connectivity index (χ3v) is 4.96. The Kier molecular flexibility index (Phi) is 5.35. The van der Waals surface area contributed by atoms with Crippen molar-refractivity contribution in [3.05, 3.63) is 95.7 Å². The Morgan fingerprint density at radius 1 is 0.867 bits per heavy atom. The van der Waals surface area contributed by atoms with Crippen molar-refractivity contribution in [2.75, 3.05) is 10.6 Å². The molecule has 0 bridgehead atoms. The van der Waals surface area contributed by atoms with Crippen LogP contribution in [0.3, 0.4) is 0 Å². The average Bonchev–Trinajstić information content (AvgIpc) is 3.09. The summed E-state index contributed by atoms with van der Waals surface area (Å²) in [7, 11) is 0. The van der Waals surface area contributed by atoms with E-state index < -0.39 is 0 Å². The summed E-state index contributed by atoms with van der Waals surface area (Å²) in [5.41, 5.74) is 4.90. The van der Waals surface area contributed by atoms with E-state index in [1.807, 2.05) is 67.7 Å². The monoisotopic (exact) mass is 397 g/mol. The minimum Gasteiger partial charge on any atom is -0.342 e. The lowest BCUT2D eigenvalue weighted by molar-refractivity contribution is -0.114. The van der Waals surface area contributed by atoms with Crippen molar-refractivity contribution in [2.45, 2.75) is 20.4 Å². The lowest BCUT2D eigenvalue weighted by Crippen LogP contribution is -2.15. The van der Waals surface area contributed by atoms with Crippen LogP contribution in [0.4, 0.5) is 11.4 Å². The van der Waals surface area contributed by atoms with Crippen LogP contribution in [0.25, 0.3) is 10.9 Å². The van der Waals surface area contributed by atoms with E-state index in [1.165, 1.54) is 6.92 Å². The Morgan fingerprint density at radius 2 is 1.60 bits per heavy atom. The molecule has 150 valence electrons. The summed E-state index contributed by atoms with van der Waals surface area (Å²) in [4.78, 5) is 24.7. The van der Waals surface area contributed by atoms with Crippen molar-refractivity contribution in [3.63, 3.8) is 0 Å². The summed E-state index contributed by atoms with van der Waals surface area (Å²) in [5.74, 6) is -0.399. The van der Waals surface area contributed by atoms with Crippen LogP contribution in [-0.4, -0.2) is 16.4 Å². The molecule has 1 aromatic heterocycles. The maximum Gasteiger partial charge on any atom is 0.257 e. The molecule has 2 amide bonds. The smallest absolute Gasteiger partial charge is 0.257 e.